The highest BCUT2D eigenvalue weighted by Crippen LogP contribution is 2.18. The molecule has 1 aromatic rings. The van der Waals surface area contributed by atoms with Gasteiger partial charge in [0.2, 0.25) is 17.8 Å². The Morgan fingerprint density at radius 3 is 2.79 bits per heavy atom. The van der Waals surface area contributed by atoms with Crippen molar-refractivity contribution in [3.8, 4) is 0 Å². The second-order valence-corrected chi connectivity index (χ2v) is 6.06. The van der Waals surface area contributed by atoms with Crippen molar-refractivity contribution in [2.45, 2.75) is 32.7 Å². The first-order chi connectivity index (χ1) is 11.5. The van der Waals surface area contributed by atoms with Crippen LogP contribution in [0.1, 0.15) is 25.8 Å². The molecule has 7 heteroatoms. The zero-order valence-electron chi connectivity index (χ0n) is 13.8. The number of fused-ring (bicyclic) bond motifs is 1. The van der Waals surface area contributed by atoms with Gasteiger partial charge in [-0.3, -0.25) is 20.3 Å². The Balaban J connectivity index is 1.63. The average molecular weight is 327 g/mol. The van der Waals surface area contributed by atoms with E-state index >= 15 is 0 Å². The lowest BCUT2D eigenvalue weighted by Crippen LogP contribution is -2.62. The zero-order chi connectivity index (χ0) is 17.1. The fourth-order valence-corrected chi connectivity index (χ4v) is 2.63. The third-order valence-electron chi connectivity index (χ3n) is 3.95. The highest BCUT2D eigenvalue weighted by molar-refractivity contribution is 6.05. The number of hydrogen-bond acceptors (Lipinski definition) is 5. The molecule has 1 aromatic carbocycles. The number of benzene rings is 1. The lowest BCUT2D eigenvalue weighted by Gasteiger charge is -2.32. The maximum absolute atomic E-state index is 12.5. The summed E-state index contributed by atoms with van der Waals surface area (Å²) >= 11 is 0. The third-order valence-corrected chi connectivity index (χ3v) is 3.95. The fourth-order valence-electron chi connectivity index (χ4n) is 2.63. The van der Waals surface area contributed by atoms with E-state index in [-0.39, 0.29) is 18.2 Å². The number of hydrazine groups is 1. The summed E-state index contributed by atoms with van der Waals surface area (Å²) in [5.74, 6) is 0.654. The Kier molecular flexibility index (Phi) is 4.50. The van der Waals surface area contributed by atoms with Crippen molar-refractivity contribution in [2.75, 3.05) is 6.54 Å². The lowest BCUT2D eigenvalue weighted by atomic mass is 10.1. The molecule has 2 amide bonds. The summed E-state index contributed by atoms with van der Waals surface area (Å²) in [6.45, 7) is 4.36. The van der Waals surface area contributed by atoms with Gasteiger partial charge in [-0.1, -0.05) is 30.3 Å². The van der Waals surface area contributed by atoms with Gasteiger partial charge in [0.25, 0.3) is 0 Å². The van der Waals surface area contributed by atoms with Crippen LogP contribution < -0.4 is 16.1 Å². The summed E-state index contributed by atoms with van der Waals surface area (Å²) in [7, 11) is 0. The highest BCUT2D eigenvalue weighted by atomic mass is 16.2. The Bertz CT molecular complexity index is 707. The topological polar surface area (TPSA) is 85.8 Å². The van der Waals surface area contributed by atoms with Gasteiger partial charge in [-0.2, -0.15) is 4.99 Å². The van der Waals surface area contributed by atoms with E-state index in [0.29, 0.717) is 18.3 Å². The number of amides is 2. The normalized spacial score (nSPS) is 19.2. The summed E-state index contributed by atoms with van der Waals surface area (Å²) in [6, 6.07) is 9.34. The number of allylic oxidation sites excluding steroid dienone is 1. The molecule has 2 heterocycles. The van der Waals surface area contributed by atoms with E-state index in [1.54, 1.807) is 5.01 Å². The fraction of sp³-hybridized carbons (Fsp3) is 0.353. The first-order valence-corrected chi connectivity index (χ1v) is 7.98. The molecule has 0 unspecified atom stereocenters. The Hall–Kier alpha value is -2.83. The maximum Gasteiger partial charge on any atom is 0.245 e. The molecule has 1 fully saturated rings. The Labute approximate surface area is 140 Å². The van der Waals surface area contributed by atoms with E-state index in [2.05, 4.69) is 21.1 Å². The summed E-state index contributed by atoms with van der Waals surface area (Å²) in [5.41, 5.74) is 5.23. The summed E-state index contributed by atoms with van der Waals surface area (Å²) < 4.78 is 0. The standard InChI is InChI=1S/C17H21N5O2/c1-11(2)15-20-17-19-14(23)10-13(22(17)21-15)16(24)18-9-8-12-6-4-3-5-7-12/h3-7,13,21H,8-10H2,1-2H3,(H,18,24)(H,19,20,23)/t13-/m0/s1. The van der Waals surface area contributed by atoms with Gasteiger partial charge in [0.15, 0.2) is 0 Å². The summed E-state index contributed by atoms with van der Waals surface area (Å²) in [4.78, 5) is 28.7. The van der Waals surface area contributed by atoms with Crippen molar-refractivity contribution in [1.82, 2.24) is 21.1 Å². The predicted molar refractivity (Wildman–Crippen MR) is 90.5 cm³/mol. The Morgan fingerprint density at radius 2 is 2.08 bits per heavy atom. The molecular weight excluding hydrogens is 306 g/mol. The first kappa shape index (κ1) is 16.0. The van der Waals surface area contributed by atoms with Crippen LogP contribution in [0.3, 0.4) is 0 Å². The van der Waals surface area contributed by atoms with Crippen molar-refractivity contribution in [1.29, 1.82) is 0 Å². The second kappa shape index (κ2) is 6.74. The highest BCUT2D eigenvalue weighted by Gasteiger charge is 2.39. The van der Waals surface area contributed by atoms with E-state index in [1.165, 1.54) is 0 Å². The molecule has 0 radical (unpaired) electrons. The smallest absolute Gasteiger partial charge is 0.245 e. The number of nitrogens with one attached hydrogen (secondary N) is 3. The van der Waals surface area contributed by atoms with Gasteiger partial charge in [-0.05, 0) is 31.4 Å². The van der Waals surface area contributed by atoms with Crippen LogP contribution in [0.2, 0.25) is 0 Å². The SMILES string of the molecule is CC(C)=C1N=C2NC(=O)C[C@@H](C(=O)NCCc3ccccc3)N2N1. The van der Waals surface area contributed by atoms with Crippen LogP contribution in [0.15, 0.2) is 46.7 Å². The molecule has 3 rings (SSSR count). The predicted octanol–water partition coefficient (Wildman–Crippen LogP) is 0.661. The number of guanidine groups is 1. The average Bonchev–Trinajstić information content (AvgIpc) is 2.99. The van der Waals surface area contributed by atoms with Crippen LogP contribution >= 0.6 is 0 Å². The summed E-state index contributed by atoms with van der Waals surface area (Å²) in [5, 5.41) is 7.22. The van der Waals surface area contributed by atoms with Crippen LogP contribution in [0, 0.1) is 0 Å². The quantitative estimate of drug-likeness (QED) is 0.758. The number of carbonyl (C=O) groups excluding carboxylic acids is 2. The molecular formula is C17H21N5O2. The molecule has 1 atom stereocenters. The lowest BCUT2D eigenvalue weighted by molar-refractivity contribution is -0.132. The van der Waals surface area contributed by atoms with Crippen molar-refractivity contribution >= 4 is 17.8 Å². The van der Waals surface area contributed by atoms with Gasteiger partial charge in [-0.25, -0.2) is 5.01 Å². The third kappa shape index (κ3) is 3.40. The molecule has 2 aliphatic rings. The van der Waals surface area contributed by atoms with E-state index in [4.69, 9.17) is 0 Å². The molecule has 0 saturated carbocycles. The number of rotatable bonds is 4. The van der Waals surface area contributed by atoms with Crippen LogP contribution in [0.4, 0.5) is 0 Å². The molecule has 126 valence electrons. The van der Waals surface area contributed by atoms with E-state index in [9.17, 15) is 9.59 Å². The van der Waals surface area contributed by atoms with Crippen molar-refractivity contribution < 1.29 is 9.59 Å². The maximum atomic E-state index is 12.5. The molecule has 1 saturated heterocycles. The van der Waals surface area contributed by atoms with Crippen molar-refractivity contribution in [3.63, 3.8) is 0 Å². The molecule has 0 aromatic heterocycles. The van der Waals surface area contributed by atoms with Gasteiger partial charge in [0.05, 0.1) is 6.42 Å². The van der Waals surface area contributed by atoms with Crippen molar-refractivity contribution in [3.05, 3.63) is 47.3 Å². The molecule has 2 aliphatic heterocycles. The minimum Gasteiger partial charge on any atom is -0.354 e. The molecule has 0 aliphatic carbocycles. The van der Waals surface area contributed by atoms with E-state index in [0.717, 1.165) is 17.6 Å². The number of carbonyl (C=O) groups is 2. The van der Waals surface area contributed by atoms with Gasteiger partial charge < -0.3 is 5.32 Å². The molecule has 3 N–H and O–H groups in total. The first-order valence-electron chi connectivity index (χ1n) is 7.98. The van der Waals surface area contributed by atoms with Crippen LogP contribution in [-0.4, -0.2) is 35.4 Å². The van der Waals surface area contributed by atoms with E-state index in [1.807, 2.05) is 44.2 Å². The molecule has 24 heavy (non-hydrogen) atoms. The number of nitrogens with zero attached hydrogens (tertiary/aromatic N) is 2. The van der Waals surface area contributed by atoms with Gasteiger partial charge in [0.1, 0.15) is 11.9 Å². The Morgan fingerprint density at radius 1 is 1.33 bits per heavy atom. The summed E-state index contributed by atoms with van der Waals surface area (Å²) in [6.07, 6.45) is 0.846. The molecule has 7 nitrogen and oxygen atoms in total. The van der Waals surface area contributed by atoms with Crippen molar-refractivity contribution in [2.24, 2.45) is 4.99 Å². The zero-order valence-corrected chi connectivity index (χ0v) is 13.8. The number of hydrogen-bond donors (Lipinski definition) is 3. The largest absolute Gasteiger partial charge is 0.354 e. The minimum absolute atomic E-state index is 0.0965. The van der Waals surface area contributed by atoms with E-state index < -0.39 is 6.04 Å². The van der Waals surface area contributed by atoms with Crippen LogP contribution in [0.25, 0.3) is 0 Å². The van der Waals surface area contributed by atoms with Gasteiger partial charge in [0, 0.05) is 6.54 Å². The van der Waals surface area contributed by atoms with Crippen LogP contribution in [-0.2, 0) is 16.0 Å². The minimum atomic E-state index is -0.606. The number of aliphatic imine (C=N–C) groups is 1. The second-order valence-electron chi connectivity index (χ2n) is 6.06. The van der Waals surface area contributed by atoms with Gasteiger partial charge >= 0.3 is 0 Å². The molecule has 0 bridgehead atoms. The monoisotopic (exact) mass is 327 g/mol. The molecule has 0 spiro atoms. The van der Waals surface area contributed by atoms with Gasteiger partial charge in [-0.15, -0.1) is 0 Å². The van der Waals surface area contributed by atoms with Crippen LogP contribution in [0.5, 0.6) is 0 Å².